The summed E-state index contributed by atoms with van der Waals surface area (Å²) in [5.41, 5.74) is -0.0475. The maximum Gasteiger partial charge on any atom is 0.126 e. The lowest BCUT2D eigenvalue weighted by atomic mass is 9.70. The number of carbonyl (C=O) groups excluding carboxylic acids is 1. The Balaban J connectivity index is 2.34. The maximum atomic E-state index is 11.1. The van der Waals surface area contributed by atoms with Crippen LogP contribution in [0.4, 0.5) is 0 Å². The maximum absolute atomic E-state index is 11.1. The van der Waals surface area contributed by atoms with E-state index in [0.29, 0.717) is 17.8 Å². The molecule has 66 valence electrons. The third kappa shape index (κ3) is 0.769. The first-order chi connectivity index (χ1) is 5.72. The van der Waals surface area contributed by atoms with Crippen molar-refractivity contribution in [2.45, 2.75) is 26.7 Å². The van der Waals surface area contributed by atoms with Gasteiger partial charge in [-0.15, -0.1) is 0 Å². The molecule has 0 aromatic heterocycles. The van der Waals surface area contributed by atoms with Crippen LogP contribution in [0.5, 0.6) is 0 Å². The van der Waals surface area contributed by atoms with E-state index in [0.717, 1.165) is 6.42 Å². The second-order valence-electron chi connectivity index (χ2n) is 4.39. The van der Waals surface area contributed by atoms with Crippen molar-refractivity contribution < 1.29 is 4.79 Å². The van der Waals surface area contributed by atoms with E-state index in [1.54, 1.807) is 0 Å². The second kappa shape index (κ2) is 2.45. The normalized spacial score (nSPS) is 50.0. The van der Waals surface area contributed by atoms with E-state index in [-0.39, 0.29) is 5.41 Å². The molecule has 0 amide bonds. The topological polar surface area (TPSA) is 17.1 Å². The minimum atomic E-state index is -0.0475. The lowest BCUT2D eigenvalue weighted by Crippen LogP contribution is -2.32. The van der Waals surface area contributed by atoms with E-state index in [4.69, 9.17) is 0 Å². The third-order valence-corrected chi connectivity index (χ3v) is 3.93. The average molecular weight is 164 g/mol. The molecule has 1 nitrogen and oxygen atoms in total. The summed E-state index contributed by atoms with van der Waals surface area (Å²) in [6.45, 7) is 4.32. The number of allylic oxidation sites excluding steroid dienone is 2. The highest BCUT2D eigenvalue weighted by atomic mass is 16.1. The number of fused-ring (bicyclic) bond motifs is 2. The molecule has 1 fully saturated rings. The van der Waals surface area contributed by atoms with Gasteiger partial charge in [-0.25, -0.2) is 0 Å². The van der Waals surface area contributed by atoms with Gasteiger partial charge in [-0.05, 0) is 24.2 Å². The van der Waals surface area contributed by atoms with Crippen LogP contribution < -0.4 is 0 Å². The molecular formula is C11H16O. The van der Waals surface area contributed by atoms with Gasteiger partial charge in [0.25, 0.3) is 0 Å². The zero-order valence-electron chi connectivity index (χ0n) is 7.79. The molecule has 0 spiro atoms. The zero-order valence-corrected chi connectivity index (χ0v) is 7.79. The van der Waals surface area contributed by atoms with Crippen LogP contribution in [0.2, 0.25) is 0 Å². The third-order valence-electron chi connectivity index (χ3n) is 3.93. The Bertz CT molecular complexity index is 231. The molecule has 12 heavy (non-hydrogen) atoms. The molecule has 2 rings (SSSR count). The molecule has 0 radical (unpaired) electrons. The van der Waals surface area contributed by atoms with E-state index < -0.39 is 0 Å². The van der Waals surface area contributed by atoms with Gasteiger partial charge in [0, 0.05) is 5.41 Å². The highest BCUT2D eigenvalue weighted by molar-refractivity contribution is 5.62. The fourth-order valence-electron chi connectivity index (χ4n) is 3.14. The van der Waals surface area contributed by atoms with Crippen molar-refractivity contribution in [1.82, 2.24) is 0 Å². The lowest BCUT2D eigenvalue weighted by Gasteiger charge is -2.33. The van der Waals surface area contributed by atoms with E-state index in [2.05, 4.69) is 26.0 Å². The molecule has 2 bridgehead atoms. The molecule has 1 heteroatoms. The standard InChI is InChI=1S/C11H16O/c1-3-10-8-4-5-9(6-8)11(10,2)7-12/h4-5,7-10H,3,6H2,1-2H3/t8-,9+,10-,11-/m1/s1. The number of hydrogen-bond donors (Lipinski definition) is 0. The molecule has 0 aliphatic heterocycles. The quantitative estimate of drug-likeness (QED) is 0.452. The predicted octanol–water partition coefficient (Wildman–Crippen LogP) is 2.42. The van der Waals surface area contributed by atoms with Crippen LogP contribution in [0.1, 0.15) is 26.7 Å². The van der Waals surface area contributed by atoms with Crippen molar-refractivity contribution in [3.8, 4) is 0 Å². The SMILES string of the molecule is CC[C@@H]1[C@@H]2C=C[C@@H](C2)[C@@]1(C)C=O. The van der Waals surface area contributed by atoms with Gasteiger partial charge < -0.3 is 4.79 Å². The van der Waals surface area contributed by atoms with Gasteiger partial charge in [-0.2, -0.15) is 0 Å². The summed E-state index contributed by atoms with van der Waals surface area (Å²) in [4.78, 5) is 11.1. The summed E-state index contributed by atoms with van der Waals surface area (Å²) in [6, 6.07) is 0. The molecule has 0 unspecified atom stereocenters. The summed E-state index contributed by atoms with van der Waals surface area (Å²) < 4.78 is 0. The first-order valence-corrected chi connectivity index (χ1v) is 4.87. The van der Waals surface area contributed by atoms with Crippen molar-refractivity contribution in [3.63, 3.8) is 0 Å². The van der Waals surface area contributed by atoms with Gasteiger partial charge >= 0.3 is 0 Å². The van der Waals surface area contributed by atoms with Gasteiger partial charge in [0.2, 0.25) is 0 Å². The van der Waals surface area contributed by atoms with Gasteiger partial charge in [-0.1, -0.05) is 32.4 Å². The summed E-state index contributed by atoms with van der Waals surface area (Å²) in [7, 11) is 0. The van der Waals surface area contributed by atoms with E-state index in [1.165, 1.54) is 12.7 Å². The van der Waals surface area contributed by atoms with Crippen LogP contribution in [0.25, 0.3) is 0 Å². The Morgan fingerprint density at radius 3 is 2.83 bits per heavy atom. The number of aldehydes is 1. The smallest absolute Gasteiger partial charge is 0.126 e. The molecule has 0 N–H and O–H groups in total. The first kappa shape index (κ1) is 8.03. The van der Waals surface area contributed by atoms with Crippen molar-refractivity contribution in [2.75, 3.05) is 0 Å². The molecule has 0 saturated heterocycles. The zero-order chi connectivity index (χ0) is 8.77. The number of hydrogen-bond acceptors (Lipinski definition) is 1. The number of rotatable bonds is 2. The second-order valence-corrected chi connectivity index (χ2v) is 4.39. The molecular weight excluding hydrogens is 148 g/mol. The van der Waals surface area contributed by atoms with Crippen molar-refractivity contribution in [2.24, 2.45) is 23.2 Å². The molecule has 1 saturated carbocycles. The van der Waals surface area contributed by atoms with Gasteiger partial charge in [0.15, 0.2) is 0 Å². The highest BCUT2D eigenvalue weighted by Crippen LogP contribution is 2.55. The molecule has 0 heterocycles. The van der Waals surface area contributed by atoms with Crippen molar-refractivity contribution in [3.05, 3.63) is 12.2 Å². The van der Waals surface area contributed by atoms with Gasteiger partial charge in [-0.3, -0.25) is 0 Å². The van der Waals surface area contributed by atoms with Gasteiger partial charge in [0.05, 0.1) is 0 Å². The first-order valence-electron chi connectivity index (χ1n) is 4.87. The van der Waals surface area contributed by atoms with E-state index >= 15 is 0 Å². The van der Waals surface area contributed by atoms with Crippen LogP contribution in [0, 0.1) is 23.2 Å². The highest BCUT2D eigenvalue weighted by Gasteiger charge is 2.51. The van der Waals surface area contributed by atoms with Crippen LogP contribution in [0.15, 0.2) is 12.2 Å². The van der Waals surface area contributed by atoms with Crippen LogP contribution in [0.3, 0.4) is 0 Å². The van der Waals surface area contributed by atoms with Crippen molar-refractivity contribution >= 4 is 6.29 Å². The minimum absolute atomic E-state index is 0.0475. The summed E-state index contributed by atoms with van der Waals surface area (Å²) in [6.07, 6.45) is 8.10. The number of carbonyl (C=O) groups is 1. The van der Waals surface area contributed by atoms with Crippen LogP contribution in [-0.2, 0) is 4.79 Å². The van der Waals surface area contributed by atoms with Crippen LogP contribution in [-0.4, -0.2) is 6.29 Å². The van der Waals surface area contributed by atoms with Crippen LogP contribution >= 0.6 is 0 Å². The van der Waals surface area contributed by atoms with Crippen molar-refractivity contribution in [1.29, 1.82) is 0 Å². The summed E-state index contributed by atoms with van der Waals surface area (Å²) in [5, 5.41) is 0. The predicted molar refractivity (Wildman–Crippen MR) is 48.7 cm³/mol. The molecule has 2 aliphatic rings. The Kier molecular flexibility index (Phi) is 1.64. The fraction of sp³-hybridized carbons (Fsp3) is 0.727. The Labute approximate surface area is 73.8 Å². The van der Waals surface area contributed by atoms with Gasteiger partial charge in [0.1, 0.15) is 6.29 Å². The molecule has 0 aromatic carbocycles. The summed E-state index contributed by atoms with van der Waals surface area (Å²) in [5.74, 6) is 1.82. The van der Waals surface area contributed by atoms with E-state index in [1.807, 2.05) is 0 Å². The molecule has 0 aromatic rings. The lowest BCUT2D eigenvalue weighted by molar-refractivity contribution is -0.119. The fourth-order valence-corrected chi connectivity index (χ4v) is 3.14. The van der Waals surface area contributed by atoms with E-state index in [9.17, 15) is 4.79 Å². The Morgan fingerprint density at radius 2 is 2.33 bits per heavy atom. The minimum Gasteiger partial charge on any atom is -0.303 e. The largest absolute Gasteiger partial charge is 0.303 e. The average Bonchev–Trinajstić information content (AvgIpc) is 2.63. The molecule has 4 atom stereocenters. The molecule has 2 aliphatic carbocycles. The summed E-state index contributed by atoms with van der Waals surface area (Å²) >= 11 is 0. The monoisotopic (exact) mass is 164 g/mol. The Morgan fingerprint density at radius 1 is 1.58 bits per heavy atom. The Hall–Kier alpha value is -0.590.